The fourth-order valence-corrected chi connectivity index (χ4v) is 2.23. The lowest BCUT2D eigenvalue weighted by Crippen LogP contribution is -2.15. The molecule has 0 spiro atoms. The second-order valence-corrected chi connectivity index (χ2v) is 4.44. The summed E-state index contributed by atoms with van der Waals surface area (Å²) in [7, 11) is 1.76. The van der Waals surface area contributed by atoms with Gasteiger partial charge in [-0.3, -0.25) is 10.1 Å². The highest BCUT2D eigenvalue weighted by atomic mass is 16.1. The topological polar surface area (TPSA) is 59.8 Å². The molecule has 1 N–H and O–H groups in total. The number of aromatic nitrogens is 3. The first-order chi connectivity index (χ1) is 7.75. The van der Waals surface area contributed by atoms with Crippen molar-refractivity contribution in [2.24, 2.45) is 13.0 Å². The van der Waals surface area contributed by atoms with Crippen molar-refractivity contribution in [3.8, 4) is 0 Å². The quantitative estimate of drug-likeness (QED) is 0.843. The van der Waals surface area contributed by atoms with Crippen molar-refractivity contribution in [3.63, 3.8) is 0 Å². The number of nitrogens with zero attached hydrogens (tertiary/aromatic N) is 3. The second-order valence-electron chi connectivity index (χ2n) is 4.44. The van der Waals surface area contributed by atoms with Crippen LogP contribution in [-0.4, -0.2) is 20.7 Å². The van der Waals surface area contributed by atoms with Gasteiger partial charge in [0.1, 0.15) is 6.33 Å². The molecule has 5 heteroatoms. The largest absolute Gasteiger partial charge is 0.295 e. The third kappa shape index (κ3) is 2.81. The highest BCUT2D eigenvalue weighted by Gasteiger charge is 2.16. The molecule has 0 atom stereocenters. The molecule has 1 amide bonds. The zero-order chi connectivity index (χ0) is 11.4. The van der Waals surface area contributed by atoms with Crippen LogP contribution in [0, 0.1) is 5.92 Å². The molecule has 1 aliphatic rings. The summed E-state index contributed by atoms with van der Waals surface area (Å²) in [6.07, 6.45) is 8.27. The van der Waals surface area contributed by atoms with Crippen LogP contribution < -0.4 is 5.32 Å². The number of aryl methyl sites for hydroxylation is 1. The summed E-state index contributed by atoms with van der Waals surface area (Å²) in [5, 5.41) is 6.66. The lowest BCUT2D eigenvalue weighted by molar-refractivity contribution is -0.116. The van der Waals surface area contributed by atoms with E-state index in [1.807, 2.05) is 0 Å². The third-order valence-electron chi connectivity index (χ3n) is 3.22. The Bertz CT molecular complexity index is 355. The Morgan fingerprint density at radius 2 is 2.31 bits per heavy atom. The normalized spacial score (nSPS) is 16.6. The molecule has 0 aliphatic heterocycles. The van der Waals surface area contributed by atoms with Crippen LogP contribution in [0.2, 0.25) is 0 Å². The van der Waals surface area contributed by atoms with E-state index in [4.69, 9.17) is 0 Å². The average Bonchev–Trinajstić information content (AvgIpc) is 2.88. The predicted octanol–water partition coefficient (Wildman–Crippen LogP) is 1.72. The monoisotopic (exact) mass is 222 g/mol. The van der Waals surface area contributed by atoms with Crippen LogP contribution in [0.4, 0.5) is 5.95 Å². The molecule has 1 fully saturated rings. The number of rotatable bonds is 4. The standard InChI is InChI=1S/C11H18N4O/c1-15-11(12-8-13-15)14-10(16)7-6-9-4-2-3-5-9/h8-9H,2-7H2,1H3,(H,12,13,14,16). The summed E-state index contributed by atoms with van der Waals surface area (Å²) in [5.74, 6) is 1.32. The van der Waals surface area contributed by atoms with Crippen molar-refractivity contribution >= 4 is 11.9 Å². The zero-order valence-corrected chi connectivity index (χ0v) is 9.65. The molecule has 1 heterocycles. The summed E-state index contributed by atoms with van der Waals surface area (Å²) in [4.78, 5) is 15.6. The van der Waals surface area contributed by atoms with Gasteiger partial charge in [-0.25, -0.2) is 4.68 Å². The number of carbonyl (C=O) groups is 1. The molecule has 0 radical (unpaired) electrons. The fraction of sp³-hybridized carbons (Fsp3) is 0.727. The van der Waals surface area contributed by atoms with Gasteiger partial charge < -0.3 is 0 Å². The maximum atomic E-state index is 11.6. The number of amides is 1. The Hall–Kier alpha value is -1.39. The number of hydrogen-bond acceptors (Lipinski definition) is 3. The summed E-state index contributed by atoms with van der Waals surface area (Å²) < 4.78 is 1.56. The summed E-state index contributed by atoms with van der Waals surface area (Å²) in [6.45, 7) is 0. The van der Waals surface area contributed by atoms with Crippen LogP contribution in [0.1, 0.15) is 38.5 Å². The van der Waals surface area contributed by atoms with Crippen molar-refractivity contribution < 1.29 is 4.79 Å². The first-order valence-electron chi connectivity index (χ1n) is 5.89. The molecular formula is C11H18N4O. The Morgan fingerprint density at radius 1 is 1.56 bits per heavy atom. The number of nitrogens with one attached hydrogen (secondary N) is 1. The minimum atomic E-state index is 0.0444. The first-order valence-corrected chi connectivity index (χ1v) is 5.89. The third-order valence-corrected chi connectivity index (χ3v) is 3.22. The van der Waals surface area contributed by atoms with E-state index in [-0.39, 0.29) is 5.91 Å². The van der Waals surface area contributed by atoms with Crippen LogP contribution in [0.15, 0.2) is 6.33 Å². The molecule has 0 aromatic carbocycles. The van der Waals surface area contributed by atoms with Crippen LogP contribution in [0.5, 0.6) is 0 Å². The van der Waals surface area contributed by atoms with Crippen LogP contribution in [0.25, 0.3) is 0 Å². The van der Waals surface area contributed by atoms with Gasteiger partial charge in [0, 0.05) is 13.5 Å². The second kappa shape index (κ2) is 5.09. The Kier molecular flexibility index (Phi) is 3.54. The van der Waals surface area contributed by atoms with E-state index < -0.39 is 0 Å². The molecule has 0 unspecified atom stereocenters. The van der Waals surface area contributed by atoms with Crippen LogP contribution in [-0.2, 0) is 11.8 Å². The summed E-state index contributed by atoms with van der Waals surface area (Å²) in [6, 6.07) is 0. The molecule has 5 nitrogen and oxygen atoms in total. The van der Waals surface area contributed by atoms with Gasteiger partial charge in [-0.05, 0) is 12.3 Å². The number of hydrogen-bond donors (Lipinski definition) is 1. The highest BCUT2D eigenvalue weighted by molar-refractivity contribution is 5.88. The van der Waals surface area contributed by atoms with Gasteiger partial charge in [0.25, 0.3) is 0 Å². The number of anilines is 1. The van der Waals surface area contributed by atoms with Gasteiger partial charge in [-0.15, -0.1) is 0 Å². The Morgan fingerprint density at radius 3 is 2.94 bits per heavy atom. The molecule has 0 saturated heterocycles. The maximum Gasteiger partial charge on any atom is 0.227 e. The first kappa shape index (κ1) is 11.1. The van der Waals surface area contributed by atoms with Gasteiger partial charge in [0.15, 0.2) is 0 Å². The van der Waals surface area contributed by atoms with Gasteiger partial charge in [-0.1, -0.05) is 25.7 Å². The highest BCUT2D eigenvalue weighted by Crippen LogP contribution is 2.28. The maximum absolute atomic E-state index is 11.6. The van der Waals surface area contributed by atoms with E-state index in [0.29, 0.717) is 12.4 Å². The van der Waals surface area contributed by atoms with Crippen molar-refractivity contribution in [1.29, 1.82) is 0 Å². The van der Waals surface area contributed by atoms with Crippen LogP contribution >= 0.6 is 0 Å². The zero-order valence-electron chi connectivity index (χ0n) is 9.65. The molecule has 16 heavy (non-hydrogen) atoms. The molecule has 2 rings (SSSR count). The molecule has 1 aliphatic carbocycles. The van der Waals surface area contributed by atoms with E-state index in [2.05, 4.69) is 15.4 Å². The molecular weight excluding hydrogens is 204 g/mol. The minimum Gasteiger partial charge on any atom is -0.295 e. The Balaban J connectivity index is 1.74. The smallest absolute Gasteiger partial charge is 0.227 e. The molecule has 88 valence electrons. The minimum absolute atomic E-state index is 0.0444. The lowest BCUT2D eigenvalue weighted by atomic mass is 10.0. The predicted molar refractivity (Wildman–Crippen MR) is 60.8 cm³/mol. The summed E-state index contributed by atoms with van der Waals surface area (Å²) in [5.41, 5.74) is 0. The van der Waals surface area contributed by atoms with Gasteiger partial charge in [-0.2, -0.15) is 10.1 Å². The van der Waals surface area contributed by atoms with E-state index in [9.17, 15) is 4.79 Å². The van der Waals surface area contributed by atoms with Crippen LogP contribution in [0.3, 0.4) is 0 Å². The lowest BCUT2D eigenvalue weighted by Gasteiger charge is -2.08. The molecule has 1 aromatic heterocycles. The Labute approximate surface area is 95.2 Å². The number of carbonyl (C=O) groups excluding carboxylic acids is 1. The van der Waals surface area contributed by atoms with Gasteiger partial charge >= 0.3 is 0 Å². The van der Waals surface area contributed by atoms with E-state index in [0.717, 1.165) is 12.3 Å². The SMILES string of the molecule is Cn1ncnc1NC(=O)CCC1CCCC1. The molecule has 0 bridgehead atoms. The van der Waals surface area contributed by atoms with Gasteiger partial charge in [0.2, 0.25) is 11.9 Å². The van der Waals surface area contributed by atoms with Crippen molar-refractivity contribution in [2.75, 3.05) is 5.32 Å². The van der Waals surface area contributed by atoms with Gasteiger partial charge in [0.05, 0.1) is 0 Å². The van der Waals surface area contributed by atoms with Crippen molar-refractivity contribution in [1.82, 2.24) is 14.8 Å². The van der Waals surface area contributed by atoms with E-state index in [1.165, 1.54) is 32.0 Å². The van der Waals surface area contributed by atoms with Crippen molar-refractivity contribution in [2.45, 2.75) is 38.5 Å². The fourth-order valence-electron chi connectivity index (χ4n) is 2.23. The van der Waals surface area contributed by atoms with Crippen molar-refractivity contribution in [3.05, 3.63) is 6.33 Å². The van der Waals surface area contributed by atoms with E-state index in [1.54, 1.807) is 11.7 Å². The molecule has 1 saturated carbocycles. The molecule has 1 aromatic rings. The summed E-state index contributed by atoms with van der Waals surface area (Å²) >= 11 is 0. The van der Waals surface area contributed by atoms with E-state index >= 15 is 0 Å². The average molecular weight is 222 g/mol.